The Labute approximate surface area is 149 Å². The Balaban J connectivity index is 5.59. The van der Waals surface area contributed by atoms with Gasteiger partial charge in [-0.05, 0) is 20.8 Å². The maximum Gasteiger partial charge on any atom is 0.469 e. The lowest BCUT2D eigenvalue weighted by Crippen LogP contribution is -2.54. The summed E-state index contributed by atoms with van der Waals surface area (Å²) in [5.41, 5.74) is 0.178. The first-order valence-electron chi connectivity index (χ1n) is 7.94. The Morgan fingerprint density at radius 1 is 1.20 bits per heavy atom. The summed E-state index contributed by atoms with van der Waals surface area (Å²) in [4.78, 5) is 30.0. The molecule has 0 heterocycles. The van der Waals surface area contributed by atoms with Crippen LogP contribution in [0, 0.1) is 0 Å². The van der Waals surface area contributed by atoms with Crippen LogP contribution in [0.1, 0.15) is 27.2 Å². The van der Waals surface area contributed by atoms with Crippen LogP contribution in [0.25, 0.3) is 0 Å². The predicted molar refractivity (Wildman–Crippen MR) is 91.3 cm³/mol. The topological polar surface area (TPSA) is 112 Å². The molecule has 0 aromatic carbocycles. The van der Waals surface area contributed by atoms with E-state index in [-0.39, 0.29) is 36.3 Å². The van der Waals surface area contributed by atoms with Crippen molar-refractivity contribution in [3.8, 4) is 0 Å². The van der Waals surface area contributed by atoms with Crippen LogP contribution in [0.2, 0.25) is 0 Å². The van der Waals surface area contributed by atoms with Crippen LogP contribution < -0.4 is 0 Å². The number of hydrogen-bond acceptors (Lipinski definition) is 6. The van der Waals surface area contributed by atoms with Gasteiger partial charge in [-0.1, -0.05) is 6.58 Å². The molecule has 0 bridgehead atoms. The molecule has 0 amide bonds. The number of rotatable bonds is 12. The van der Waals surface area contributed by atoms with E-state index < -0.39 is 25.8 Å². The number of hydrogen-bond donors (Lipinski definition) is 2. The largest absolute Gasteiger partial charge is 0.469 e. The molecule has 0 saturated carbocycles. The number of ether oxygens (including phenoxy) is 3. The van der Waals surface area contributed by atoms with Crippen molar-refractivity contribution < 1.29 is 42.4 Å². The second-order valence-corrected chi connectivity index (χ2v) is 7.72. The predicted octanol–water partition coefficient (Wildman–Crippen LogP) is 1.41. The van der Waals surface area contributed by atoms with Gasteiger partial charge in [-0.15, -0.1) is 0 Å². The number of quaternary nitrogens is 1. The van der Waals surface area contributed by atoms with Crippen molar-refractivity contribution in [3.63, 3.8) is 0 Å². The normalized spacial score (nSPS) is 14.2. The maximum absolute atomic E-state index is 12.0. The zero-order valence-electron chi connectivity index (χ0n) is 15.9. The highest BCUT2D eigenvalue weighted by Crippen LogP contribution is 2.37. The van der Waals surface area contributed by atoms with E-state index in [0.29, 0.717) is 0 Å². The fraction of sp³-hybridized carbons (Fsp3) is 0.800. The van der Waals surface area contributed by atoms with Gasteiger partial charge in [-0.25, -0.2) is 9.36 Å². The van der Waals surface area contributed by atoms with Crippen LogP contribution in [0.15, 0.2) is 12.2 Å². The molecule has 0 radical (unpaired) electrons. The van der Waals surface area contributed by atoms with E-state index in [2.05, 4.69) is 11.1 Å². The van der Waals surface area contributed by atoms with E-state index in [0.717, 1.165) is 0 Å². The van der Waals surface area contributed by atoms with Gasteiger partial charge >= 0.3 is 19.8 Å². The van der Waals surface area contributed by atoms with Crippen molar-refractivity contribution in [1.29, 1.82) is 0 Å². The minimum Gasteiger partial charge on any atom is -0.404 e. The summed E-state index contributed by atoms with van der Waals surface area (Å²) in [5, 5.41) is 0. The van der Waals surface area contributed by atoms with Crippen molar-refractivity contribution in [2.24, 2.45) is 0 Å². The van der Waals surface area contributed by atoms with Crippen LogP contribution in [-0.4, -0.2) is 73.2 Å². The van der Waals surface area contributed by atoms with Gasteiger partial charge < -0.3 is 28.5 Å². The van der Waals surface area contributed by atoms with Crippen LogP contribution in [0.4, 0.5) is 0 Å². The molecule has 0 aliphatic heterocycles. The molecule has 1 atom stereocenters. The van der Waals surface area contributed by atoms with E-state index in [1.807, 2.05) is 21.1 Å². The minimum absolute atomic E-state index is 0.0111. The Kier molecular flexibility index (Phi) is 9.46. The SMILES string of the molecule is C=C(C)C(=O)OC(CC(COP(=O)(O)O)[N+](C)(C)C)(OCC)OCC. The number of nitrogens with zero attached hydrogens (tertiary/aromatic N) is 1. The third-order valence-electron chi connectivity index (χ3n) is 3.34. The number of likely N-dealkylation sites (N-methyl/N-ethyl adjacent to an activating group) is 1. The summed E-state index contributed by atoms with van der Waals surface area (Å²) < 4.78 is 32.5. The molecule has 0 aromatic heterocycles. The molecule has 0 saturated heterocycles. The molecular weight excluding hydrogens is 353 g/mol. The molecular formula is C15H31NO8P+. The number of phosphoric ester groups is 1. The lowest BCUT2D eigenvalue weighted by atomic mass is 10.1. The van der Waals surface area contributed by atoms with Gasteiger partial charge in [-0.2, -0.15) is 0 Å². The summed E-state index contributed by atoms with van der Waals surface area (Å²) in [5.74, 6) is -2.38. The molecule has 0 aromatic rings. The Morgan fingerprint density at radius 2 is 1.68 bits per heavy atom. The summed E-state index contributed by atoms with van der Waals surface area (Å²) in [7, 11) is 0.807. The average Bonchev–Trinajstić information content (AvgIpc) is 2.41. The number of esters is 1. The first-order valence-corrected chi connectivity index (χ1v) is 9.47. The van der Waals surface area contributed by atoms with Gasteiger partial charge in [0.2, 0.25) is 0 Å². The molecule has 9 nitrogen and oxygen atoms in total. The Hall–Kier alpha value is -0.800. The van der Waals surface area contributed by atoms with Gasteiger partial charge in [0.1, 0.15) is 12.6 Å². The molecule has 10 heteroatoms. The van der Waals surface area contributed by atoms with Crippen molar-refractivity contribution >= 4 is 13.8 Å². The Morgan fingerprint density at radius 3 is 2.00 bits per heavy atom. The number of carbonyl (C=O) groups is 1. The molecule has 0 fully saturated rings. The highest BCUT2D eigenvalue weighted by molar-refractivity contribution is 7.46. The third kappa shape index (κ3) is 9.46. The first kappa shape index (κ1) is 24.2. The minimum atomic E-state index is -4.64. The van der Waals surface area contributed by atoms with E-state index in [9.17, 15) is 9.36 Å². The van der Waals surface area contributed by atoms with E-state index in [1.165, 1.54) is 6.92 Å². The van der Waals surface area contributed by atoms with Gasteiger partial charge in [-0.3, -0.25) is 4.52 Å². The van der Waals surface area contributed by atoms with Gasteiger partial charge in [0.15, 0.2) is 0 Å². The molecule has 25 heavy (non-hydrogen) atoms. The van der Waals surface area contributed by atoms with Gasteiger partial charge in [0.05, 0.1) is 40.8 Å². The van der Waals surface area contributed by atoms with Crippen LogP contribution >= 0.6 is 7.82 Å². The van der Waals surface area contributed by atoms with Crippen molar-refractivity contribution in [1.82, 2.24) is 0 Å². The Bertz CT molecular complexity index is 490. The highest BCUT2D eigenvalue weighted by atomic mass is 31.2. The second kappa shape index (κ2) is 9.78. The molecule has 2 N–H and O–H groups in total. The maximum atomic E-state index is 12.0. The van der Waals surface area contributed by atoms with Crippen molar-refractivity contribution in [2.75, 3.05) is 41.0 Å². The van der Waals surface area contributed by atoms with Crippen molar-refractivity contribution in [3.05, 3.63) is 12.2 Å². The summed E-state index contributed by atoms with van der Waals surface area (Å²) in [6.45, 7) is 8.60. The van der Waals surface area contributed by atoms with Crippen LogP contribution in [0.3, 0.4) is 0 Å². The highest BCUT2D eigenvalue weighted by Gasteiger charge is 2.44. The molecule has 0 aliphatic rings. The standard InChI is InChI=1S/C15H30NO8P/c1-8-21-15(22-9-2,24-14(17)12(3)4)10-13(16(5,6)7)11-23-25(18,19)20/h13H,3,8-11H2,1-2,4-7H3,(H-,18,19,20)/p+1. The summed E-state index contributed by atoms with van der Waals surface area (Å²) in [6, 6.07) is -0.497. The average molecular weight is 384 g/mol. The molecule has 0 spiro atoms. The third-order valence-corrected chi connectivity index (χ3v) is 3.83. The second-order valence-electron chi connectivity index (χ2n) is 6.48. The first-order chi connectivity index (χ1) is 11.3. The lowest BCUT2D eigenvalue weighted by molar-refractivity contribution is -0.898. The van der Waals surface area contributed by atoms with Crippen LogP contribution in [0.5, 0.6) is 0 Å². The smallest absolute Gasteiger partial charge is 0.404 e. The van der Waals surface area contributed by atoms with Gasteiger partial charge in [0.25, 0.3) is 0 Å². The number of carbonyl (C=O) groups excluding carboxylic acids is 1. The monoisotopic (exact) mass is 384 g/mol. The number of phosphoric acid groups is 1. The van der Waals surface area contributed by atoms with E-state index >= 15 is 0 Å². The quantitative estimate of drug-likeness (QED) is 0.171. The van der Waals surface area contributed by atoms with E-state index in [4.69, 9.17) is 24.0 Å². The summed E-state index contributed by atoms with van der Waals surface area (Å²) in [6.07, 6.45) is 0.0111. The molecule has 148 valence electrons. The van der Waals surface area contributed by atoms with Crippen molar-refractivity contribution in [2.45, 2.75) is 39.2 Å². The van der Waals surface area contributed by atoms with Crippen LogP contribution in [-0.2, 0) is 28.1 Å². The molecule has 1 unspecified atom stereocenters. The summed E-state index contributed by atoms with van der Waals surface area (Å²) >= 11 is 0. The molecule has 0 rings (SSSR count). The van der Waals surface area contributed by atoms with Gasteiger partial charge in [0, 0.05) is 5.57 Å². The lowest BCUT2D eigenvalue weighted by Gasteiger charge is -2.40. The molecule has 0 aliphatic carbocycles. The fourth-order valence-electron chi connectivity index (χ4n) is 1.96. The van der Waals surface area contributed by atoms with E-state index in [1.54, 1.807) is 13.8 Å². The fourth-order valence-corrected chi connectivity index (χ4v) is 2.32. The zero-order chi connectivity index (χ0) is 19.9. The zero-order valence-corrected chi connectivity index (χ0v) is 16.7.